The van der Waals surface area contributed by atoms with Gasteiger partial charge in [0.25, 0.3) is 0 Å². The minimum Gasteiger partial charge on any atom is -0.474 e. The van der Waals surface area contributed by atoms with Crippen molar-refractivity contribution in [1.82, 2.24) is 20.1 Å². The molecule has 0 amide bonds. The monoisotopic (exact) mass is 352 g/mol. The fourth-order valence-electron chi connectivity index (χ4n) is 3.16. The third-order valence-electron chi connectivity index (χ3n) is 4.73. The standard InChI is InChI=1S/C20H21FN4O/c1-25-10-8-15(9-11-25)26-20-7-6-14(13-22-20)17(21)12-19-16-4-2-3-5-18(16)23-24-19/h2-7,12-13,15H,8-11H2,1H3,(H,23,24)/b17-12-. The van der Waals surface area contributed by atoms with Gasteiger partial charge in [0.05, 0.1) is 11.2 Å². The summed E-state index contributed by atoms with van der Waals surface area (Å²) in [5.41, 5.74) is 1.87. The maximum atomic E-state index is 14.6. The Labute approximate surface area is 151 Å². The van der Waals surface area contributed by atoms with Gasteiger partial charge in [0, 0.05) is 42.4 Å². The molecule has 0 radical (unpaired) electrons. The summed E-state index contributed by atoms with van der Waals surface area (Å²) in [6.07, 6.45) is 5.11. The van der Waals surface area contributed by atoms with Crippen LogP contribution in [-0.4, -0.2) is 46.3 Å². The van der Waals surface area contributed by atoms with Crippen LogP contribution in [0.3, 0.4) is 0 Å². The topological polar surface area (TPSA) is 54.0 Å². The maximum Gasteiger partial charge on any atom is 0.213 e. The van der Waals surface area contributed by atoms with E-state index < -0.39 is 0 Å². The molecule has 26 heavy (non-hydrogen) atoms. The second-order valence-corrected chi connectivity index (χ2v) is 6.65. The number of piperidine rings is 1. The Kier molecular flexibility index (Phi) is 4.67. The Morgan fingerprint density at radius 3 is 2.81 bits per heavy atom. The van der Waals surface area contributed by atoms with Crippen LogP contribution < -0.4 is 4.74 Å². The average molecular weight is 352 g/mol. The number of halogens is 1. The van der Waals surface area contributed by atoms with E-state index in [1.54, 1.807) is 12.1 Å². The number of benzene rings is 1. The molecule has 0 spiro atoms. The van der Waals surface area contributed by atoms with Crippen molar-refractivity contribution >= 4 is 22.8 Å². The molecule has 134 valence electrons. The number of aromatic nitrogens is 3. The summed E-state index contributed by atoms with van der Waals surface area (Å²) in [6, 6.07) is 11.0. The van der Waals surface area contributed by atoms with Crippen molar-refractivity contribution in [2.45, 2.75) is 18.9 Å². The molecular weight excluding hydrogens is 331 g/mol. The summed E-state index contributed by atoms with van der Waals surface area (Å²) >= 11 is 0. The maximum absolute atomic E-state index is 14.6. The molecule has 0 atom stereocenters. The normalized spacial score (nSPS) is 16.9. The largest absolute Gasteiger partial charge is 0.474 e. The quantitative estimate of drug-likeness (QED) is 0.774. The number of likely N-dealkylation sites (tertiary alicyclic amines) is 1. The van der Waals surface area contributed by atoms with Crippen LogP contribution in [0.5, 0.6) is 5.88 Å². The van der Waals surface area contributed by atoms with E-state index in [9.17, 15) is 4.39 Å². The van der Waals surface area contributed by atoms with Crippen molar-refractivity contribution in [3.05, 3.63) is 53.9 Å². The van der Waals surface area contributed by atoms with Gasteiger partial charge in [-0.2, -0.15) is 5.10 Å². The zero-order valence-corrected chi connectivity index (χ0v) is 14.7. The molecule has 0 aliphatic carbocycles. The molecule has 1 saturated heterocycles. The Morgan fingerprint density at radius 2 is 2.04 bits per heavy atom. The van der Waals surface area contributed by atoms with Gasteiger partial charge in [-0.25, -0.2) is 9.37 Å². The molecule has 2 aromatic heterocycles. The fourth-order valence-corrected chi connectivity index (χ4v) is 3.16. The van der Waals surface area contributed by atoms with Gasteiger partial charge in [-0.05, 0) is 32.0 Å². The lowest BCUT2D eigenvalue weighted by molar-refractivity contribution is 0.110. The van der Waals surface area contributed by atoms with E-state index >= 15 is 0 Å². The zero-order chi connectivity index (χ0) is 17.9. The number of hydrogen-bond acceptors (Lipinski definition) is 4. The molecule has 1 aliphatic heterocycles. The van der Waals surface area contributed by atoms with Crippen molar-refractivity contribution in [2.24, 2.45) is 0 Å². The van der Waals surface area contributed by atoms with Crippen LogP contribution >= 0.6 is 0 Å². The molecule has 5 nitrogen and oxygen atoms in total. The summed E-state index contributed by atoms with van der Waals surface area (Å²) in [5, 5.41) is 7.93. The van der Waals surface area contributed by atoms with E-state index in [0.29, 0.717) is 17.1 Å². The number of para-hydroxylation sites is 1. The SMILES string of the molecule is CN1CCC(Oc2ccc(/C(F)=C/c3[nH]nc4ccccc34)cn2)CC1. The van der Waals surface area contributed by atoms with E-state index in [1.807, 2.05) is 24.3 Å². The number of pyridine rings is 1. The number of H-pyrrole nitrogens is 1. The van der Waals surface area contributed by atoms with Gasteiger partial charge < -0.3 is 9.64 Å². The van der Waals surface area contributed by atoms with Crippen molar-refractivity contribution in [3.8, 4) is 5.88 Å². The number of rotatable bonds is 4. The van der Waals surface area contributed by atoms with Crippen molar-refractivity contribution < 1.29 is 9.13 Å². The smallest absolute Gasteiger partial charge is 0.213 e. The van der Waals surface area contributed by atoms with Gasteiger partial charge in [-0.3, -0.25) is 5.10 Å². The lowest BCUT2D eigenvalue weighted by Crippen LogP contribution is -2.35. The fraction of sp³-hybridized carbons (Fsp3) is 0.300. The van der Waals surface area contributed by atoms with Crippen LogP contribution in [0, 0.1) is 0 Å². The van der Waals surface area contributed by atoms with Crippen LogP contribution in [0.2, 0.25) is 0 Å². The molecular formula is C20H21FN4O. The molecule has 0 saturated carbocycles. The molecule has 1 aliphatic rings. The number of nitrogens with zero attached hydrogens (tertiary/aromatic N) is 3. The van der Waals surface area contributed by atoms with Gasteiger partial charge in [0.15, 0.2) is 0 Å². The molecule has 3 aromatic rings. The van der Waals surface area contributed by atoms with E-state index in [-0.39, 0.29) is 11.9 Å². The molecule has 1 fully saturated rings. The number of hydrogen-bond donors (Lipinski definition) is 1. The van der Waals surface area contributed by atoms with E-state index in [0.717, 1.165) is 36.8 Å². The van der Waals surface area contributed by atoms with Crippen LogP contribution in [0.15, 0.2) is 42.6 Å². The van der Waals surface area contributed by atoms with Crippen LogP contribution in [-0.2, 0) is 0 Å². The number of aromatic amines is 1. The highest BCUT2D eigenvalue weighted by molar-refractivity contribution is 5.90. The van der Waals surface area contributed by atoms with E-state index in [4.69, 9.17) is 4.74 Å². The third-order valence-corrected chi connectivity index (χ3v) is 4.73. The molecule has 1 N–H and O–H groups in total. The predicted octanol–water partition coefficient (Wildman–Crippen LogP) is 3.90. The van der Waals surface area contributed by atoms with Crippen LogP contribution in [0.1, 0.15) is 24.1 Å². The second kappa shape index (κ2) is 7.25. The summed E-state index contributed by atoms with van der Waals surface area (Å²) < 4.78 is 20.5. The Balaban J connectivity index is 1.47. The molecule has 4 rings (SSSR count). The first-order valence-corrected chi connectivity index (χ1v) is 8.81. The highest BCUT2D eigenvalue weighted by Crippen LogP contribution is 2.24. The van der Waals surface area contributed by atoms with Crippen LogP contribution in [0.4, 0.5) is 4.39 Å². The van der Waals surface area contributed by atoms with Crippen molar-refractivity contribution in [1.29, 1.82) is 0 Å². The molecule has 3 heterocycles. The Bertz CT molecular complexity index is 911. The second-order valence-electron chi connectivity index (χ2n) is 6.65. The summed E-state index contributed by atoms with van der Waals surface area (Å²) in [7, 11) is 2.11. The highest BCUT2D eigenvalue weighted by atomic mass is 19.1. The molecule has 1 aromatic carbocycles. The summed E-state index contributed by atoms with van der Waals surface area (Å²) in [4.78, 5) is 6.55. The first-order chi connectivity index (χ1) is 12.7. The third kappa shape index (κ3) is 3.60. The number of fused-ring (bicyclic) bond motifs is 1. The van der Waals surface area contributed by atoms with Gasteiger partial charge in [-0.15, -0.1) is 0 Å². The van der Waals surface area contributed by atoms with Crippen LogP contribution in [0.25, 0.3) is 22.8 Å². The molecule has 0 bridgehead atoms. The Hall–Kier alpha value is -2.73. The van der Waals surface area contributed by atoms with Gasteiger partial charge in [0.1, 0.15) is 11.9 Å². The molecule has 6 heteroatoms. The highest BCUT2D eigenvalue weighted by Gasteiger charge is 2.18. The predicted molar refractivity (Wildman–Crippen MR) is 100 cm³/mol. The number of nitrogens with one attached hydrogen (secondary N) is 1. The van der Waals surface area contributed by atoms with Crippen molar-refractivity contribution in [2.75, 3.05) is 20.1 Å². The minimum absolute atomic E-state index is 0.182. The lowest BCUT2D eigenvalue weighted by atomic mass is 10.1. The first kappa shape index (κ1) is 16.7. The summed E-state index contributed by atoms with van der Waals surface area (Å²) in [6.45, 7) is 2.05. The van der Waals surface area contributed by atoms with E-state index in [2.05, 4.69) is 27.1 Å². The zero-order valence-electron chi connectivity index (χ0n) is 14.7. The van der Waals surface area contributed by atoms with Gasteiger partial charge in [-0.1, -0.05) is 18.2 Å². The molecule has 0 unspecified atom stereocenters. The van der Waals surface area contributed by atoms with Gasteiger partial charge >= 0.3 is 0 Å². The number of ether oxygens (including phenoxy) is 1. The van der Waals surface area contributed by atoms with E-state index in [1.165, 1.54) is 12.3 Å². The minimum atomic E-state index is -0.363. The lowest BCUT2D eigenvalue weighted by Gasteiger charge is -2.28. The first-order valence-electron chi connectivity index (χ1n) is 8.81. The van der Waals surface area contributed by atoms with Crippen molar-refractivity contribution in [3.63, 3.8) is 0 Å². The summed E-state index contributed by atoms with van der Waals surface area (Å²) in [5.74, 6) is 0.181. The average Bonchev–Trinajstić information content (AvgIpc) is 3.07. The Morgan fingerprint density at radius 1 is 1.23 bits per heavy atom. The van der Waals surface area contributed by atoms with Gasteiger partial charge in [0.2, 0.25) is 5.88 Å².